The Morgan fingerprint density at radius 2 is 2.24 bits per heavy atom. The molecule has 2 aromatic heterocycles. The Bertz CT molecular complexity index is 806. The molecule has 6 nitrogen and oxygen atoms in total. The lowest BCUT2D eigenvalue weighted by Crippen LogP contribution is -2.12. The average Bonchev–Trinajstić information content (AvgIpc) is 3.04. The number of fused-ring (bicyclic) bond motifs is 1. The van der Waals surface area contributed by atoms with Crippen molar-refractivity contribution in [1.82, 2.24) is 15.0 Å². The highest BCUT2D eigenvalue weighted by atomic mass is 32.1. The molecule has 0 aliphatic rings. The van der Waals surface area contributed by atoms with Crippen molar-refractivity contribution < 1.29 is 9.90 Å². The second-order valence-corrected chi connectivity index (χ2v) is 5.80. The van der Waals surface area contributed by atoms with Gasteiger partial charge < -0.3 is 15.4 Å². The van der Waals surface area contributed by atoms with Gasteiger partial charge in [-0.3, -0.25) is 4.79 Å². The van der Waals surface area contributed by atoms with Gasteiger partial charge >= 0.3 is 0 Å². The van der Waals surface area contributed by atoms with Crippen LogP contribution in [0.25, 0.3) is 11.0 Å². The molecule has 108 valence electrons. The van der Waals surface area contributed by atoms with Crippen molar-refractivity contribution in [2.45, 2.75) is 20.0 Å². The van der Waals surface area contributed by atoms with Crippen molar-refractivity contribution in [2.24, 2.45) is 0 Å². The van der Waals surface area contributed by atoms with Crippen LogP contribution in [-0.4, -0.2) is 26.0 Å². The number of rotatable bonds is 3. The van der Waals surface area contributed by atoms with Gasteiger partial charge in [0, 0.05) is 11.1 Å². The zero-order valence-corrected chi connectivity index (χ0v) is 12.4. The molecule has 0 saturated carbocycles. The number of aryl methyl sites for hydroxylation is 1. The molecule has 0 bridgehead atoms. The largest absolute Gasteiger partial charge is 0.385 e. The number of thiazole rings is 1. The van der Waals surface area contributed by atoms with Crippen LogP contribution >= 0.6 is 11.3 Å². The van der Waals surface area contributed by atoms with E-state index in [1.54, 1.807) is 30.5 Å². The molecule has 3 rings (SSSR count). The number of amides is 1. The molecule has 0 fully saturated rings. The Labute approximate surface area is 124 Å². The van der Waals surface area contributed by atoms with Gasteiger partial charge in [-0.15, -0.1) is 11.3 Å². The molecule has 1 aromatic carbocycles. The maximum atomic E-state index is 12.0. The van der Waals surface area contributed by atoms with Crippen LogP contribution in [0.2, 0.25) is 0 Å². The number of H-pyrrole nitrogens is 1. The first-order valence-corrected chi connectivity index (χ1v) is 7.32. The van der Waals surface area contributed by atoms with E-state index in [1.807, 2.05) is 6.92 Å². The van der Waals surface area contributed by atoms with Gasteiger partial charge in [-0.25, -0.2) is 9.97 Å². The standard InChI is InChI=1S/C14H14N4O2S/c1-7(19)13-17-10-4-3-9(5-11(10)18-13)16-14(20)12-6-21-8(2)15-12/h3-7,19H,1-2H3,(H,16,20)(H,17,18). The van der Waals surface area contributed by atoms with Crippen molar-refractivity contribution >= 4 is 34.0 Å². The second kappa shape index (κ2) is 5.27. The quantitative estimate of drug-likeness (QED) is 0.693. The number of aromatic amines is 1. The molecule has 0 aliphatic carbocycles. The fourth-order valence-electron chi connectivity index (χ4n) is 1.97. The number of aliphatic hydroxyl groups excluding tert-OH is 1. The van der Waals surface area contributed by atoms with Crippen molar-refractivity contribution in [3.8, 4) is 0 Å². The predicted octanol–water partition coefficient (Wildman–Crippen LogP) is 2.63. The van der Waals surface area contributed by atoms with E-state index in [0.717, 1.165) is 16.0 Å². The fourth-order valence-corrected chi connectivity index (χ4v) is 2.56. The Morgan fingerprint density at radius 1 is 1.43 bits per heavy atom. The molecule has 0 saturated heterocycles. The maximum Gasteiger partial charge on any atom is 0.275 e. The summed E-state index contributed by atoms with van der Waals surface area (Å²) in [5, 5.41) is 14.9. The fraction of sp³-hybridized carbons (Fsp3) is 0.214. The number of nitrogens with one attached hydrogen (secondary N) is 2. The number of hydrogen-bond donors (Lipinski definition) is 3. The molecule has 0 aliphatic heterocycles. The minimum absolute atomic E-state index is 0.242. The van der Waals surface area contributed by atoms with Crippen LogP contribution < -0.4 is 5.32 Å². The zero-order valence-electron chi connectivity index (χ0n) is 11.5. The Balaban J connectivity index is 1.85. The summed E-state index contributed by atoms with van der Waals surface area (Å²) in [6.45, 7) is 3.50. The number of nitrogens with zero attached hydrogens (tertiary/aromatic N) is 2. The summed E-state index contributed by atoms with van der Waals surface area (Å²) in [6, 6.07) is 5.34. The van der Waals surface area contributed by atoms with Crippen molar-refractivity contribution in [2.75, 3.05) is 5.32 Å². The molecule has 21 heavy (non-hydrogen) atoms. The monoisotopic (exact) mass is 302 g/mol. The summed E-state index contributed by atoms with van der Waals surface area (Å²) in [5.74, 6) is 0.262. The SMILES string of the molecule is Cc1nc(C(=O)Nc2ccc3nc(C(C)O)[nH]c3c2)cs1. The van der Waals surface area contributed by atoms with Crippen molar-refractivity contribution in [1.29, 1.82) is 0 Å². The lowest BCUT2D eigenvalue weighted by atomic mass is 10.2. The molecular formula is C14H14N4O2S. The lowest BCUT2D eigenvalue weighted by Gasteiger charge is -2.02. The van der Waals surface area contributed by atoms with Crippen LogP contribution in [0.3, 0.4) is 0 Å². The van der Waals surface area contributed by atoms with E-state index in [4.69, 9.17) is 0 Å². The number of carbonyl (C=O) groups excluding carboxylic acids is 1. The Kier molecular flexibility index (Phi) is 3.44. The summed E-state index contributed by atoms with van der Waals surface area (Å²) in [6.07, 6.45) is -0.659. The zero-order chi connectivity index (χ0) is 15.0. The number of aliphatic hydroxyl groups is 1. The highest BCUT2D eigenvalue weighted by Gasteiger charge is 2.11. The van der Waals surface area contributed by atoms with Gasteiger partial charge in [0.1, 0.15) is 17.6 Å². The van der Waals surface area contributed by atoms with E-state index >= 15 is 0 Å². The molecule has 1 unspecified atom stereocenters. The van der Waals surface area contributed by atoms with Crippen LogP contribution in [-0.2, 0) is 0 Å². The van der Waals surface area contributed by atoms with Crippen LogP contribution in [0.15, 0.2) is 23.6 Å². The number of aromatic nitrogens is 3. The van der Waals surface area contributed by atoms with Crippen LogP contribution in [0, 0.1) is 6.92 Å². The van der Waals surface area contributed by atoms with E-state index in [0.29, 0.717) is 17.2 Å². The first-order chi connectivity index (χ1) is 10.0. The van der Waals surface area contributed by atoms with Crippen LogP contribution in [0.1, 0.15) is 34.3 Å². The summed E-state index contributed by atoms with van der Waals surface area (Å²) in [5.41, 5.74) is 2.57. The Hall–Kier alpha value is -2.25. The maximum absolute atomic E-state index is 12.0. The second-order valence-electron chi connectivity index (χ2n) is 4.74. The Morgan fingerprint density at radius 3 is 2.90 bits per heavy atom. The number of hydrogen-bond acceptors (Lipinski definition) is 5. The molecule has 1 amide bonds. The van der Waals surface area contributed by atoms with Crippen LogP contribution in [0.4, 0.5) is 5.69 Å². The van der Waals surface area contributed by atoms with Gasteiger partial charge in [-0.2, -0.15) is 0 Å². The van der Waals surface area contributed by atoms with Crippen LogP contribution in [0.5, 0.6) is 0 Å². The average molecular weight is 302 g/mol. The van der Waals surface area contributed by atoms with Gasteiger partial charge in [-0.1, -0.05) is 0 Å². The number of imidazole rings is 1. The van der Waals surface area contributed by atoms with Gasteiger partial charge in [-0.05, 0) is 32.0 Å². The predicted molar refractivity (Wildman–Crippen MR) is 81.5 cm³/mol. The molecule has 2 heterocycles. The van der Waals surface area contributed by atoms with Gasteiger partial charge in [0.15, 0.2) is 0 Å². The van der Waals surface area contributed by atoms with Gasteiger partial charge in [0.2, 0.25) is 0 Å². The third-order valence-electron chi connectivity index (χ3n) is 3.01. The lowest BCUT2D eigenvalue weighted by molar-refractivity contribution is 0.102. The molecule has 0 radical (unpaired) electrons. The number of anilines is 1. The molecule has 3 aromatic rings. The summed E-state index contributed by atoms with van der Waals surface area (Å²) in [7, 11) is 0. The smallest absolute Gasteiger partial charge is 0.275 e. The topological polar surface area (TPSA) is 90.9 Å². The van der Waals surface area contributed by atoms with E-state index in [-0.39, 0.29) is 5.91 Å². The first-order valence-electron chi connectivity index (χ1n) is 6.44. The van der Waals surface area contributed by atoms with Crippen molar-refractivity contribution in [3.63, 3.8) is 0 Å². The van der Waals surface area contributed by atoms with E-state index in [2.05, 4.69) is 20.3 Å². The molecule has 1 atom stereocenters. The minimum Gasteiger partial charge on any atom is -0.385 e. The molecule has 7 heteroatoms. The highest BCUT2D eigenvalue weighted by Crippen LogP contribution is 2.20. The third kappa shape index (κ3) is 2.79. The van der Waals surface area contributed by atoms with E-state index in [1.165, 1.54) is 11.3 Å². The molecule has 0 spiro atoms. The molecular weight excluding hydrogens is 288 g/mol. The first kappa shape index (κ1) is 13.7. The summed E-state index contributed by atoms with van der Waals surface area (Å²) < 4.78 is 0. The molecule has 3 N–H and O–H groups in total. The minimum atomic E-state index is -0.659. The normalized spacial score (nSPS) is 12.5. The van der Waals surface area contributed by atoms with E-state index in [9.17, 15) is 9.90 Å². The third-order valence-corrected chi connectivity index (χ3v) is 3.78. The summed E-state index contributed by atoms with van der Waals surface area (Å²) in [4.78, 5) is 23.5. The number of benzene rings is 1. The summed E-state index contributed by atoms with van der Waals surface area (Å²) >= 11 is 1.44. The van der Waals surface area contributed by atoms with Gasteiger partial charge in [0.25, 0.3) is 5.91 Å². The van der Waals surface area contributed by atoms with Gasteiger partial charge in [0.05, 0.1) is 16.0 Å². The number of carbonyl (C=O) groups is 1. The van der Waals surface area contributed by atoms with E-state index < -0.39 is 6.10 Å². The highest BCUT2D eigenvalue weighted by molar-refractivity contribution is 7.09. The van der Waals surface area contributed by atoms with Crippen molar-refractivity contribution in [3.05, 3.63) is 40.1 Å².